The van der Waals surface area contributed by atoms with Gasteiger partial charge < -0.3 is 5.32 Å². The molecule has 2 aromatic carbocycles. The minimum atomic E-state index is -0.288. The Balaban J connectivity index is 1.84. The van der Waals surface area contributed by atoms with Crippen molar-refractivity contribution in [1.82, 2.24) is 0 Å². The van der Waals surface area contributed by atoms with E-state index in [0.717, 1.165) is 24.1 Å². The largest absolute Gasteiger partial charge is 0.378 e. The summed E-state index contributed by atoms with van der Waals surface area (Å²) in [5.41, 5.74) is 1.78. The van der Waals surface area contributed by atoms with Crippen LogP contribution in [0.5, 0.6) is 0 Å². The van der Waals surface area contributed by atoms with Gasteiger partial charge in [0, 0.05) is 5.69 Å². The molecular formula is C16H14BrF2N. The predicted octanol–water partition coefficient (Wildman–Crippen LogP) is 5.29. The van der Waals surface area contributed by atoms with Crippen molar-refractivity contribution in [3.63, 3.8) is 0 Å². The Kier molecular flexibility index (Phi) is 3.74. The van der Waals surface area contributed by atoms with E-state index >= 15 is 0 Å². The van der Waals surface area contributed by atoms with Gasteiger partial charge in [0.05, 0.1) is 10.5 Å². The van der Waals surface area contributed by atoms with Gasteiger partial charge >= 0.3 is 0 Å². The summed E-state index contributed by atoms with van der Waals surface area (Å²) in [5, 5.41) is 3.36. The zero-order valence-electron chi connectivity index (χ0n) is 10.7. The van der Waals surface area contributed by atoms with Crippen LogP contribution in [0, 0.1) is 17.6 Å². The molecule has 1 unspecified atom stereocenters. The van der Waals surface area contributed by atoms with Crippen LogP contribution in [0.1, 0.15) is 24.4 Å². The molecule has 2 aromatic rings. The zero-order valence-corrected chi connectivity index (χ0v) is 12.3. The smallest absolute Gasteiger partial charge is 0.139 e. The Hall–Kier alpha value is -1.42. The monoisotopic (exact) mass is 337 g/mol. The summed E-state index contributed by atoms with van der Waals surface area (Å²) in [6, 6.07) is 11.6. The first-order chi connectivity index (χ1) is 9.63. The lowest BCUT2D eigenvalue weighted by molar-refractivity contribution is 0.618. The van der Waals surface area contributed by atoms with E-state index in [-0.39, 0.29) is 17.7 Å². The Morgan fingerprint density at radius 2 is 1.75 bits per heavy atom. The van der Waals surface area contributed by atoms with E-state index in [1.807, 2.05) is 6.07 Å². The van der Waals surface area contributed by atoms with Crippen molar-refractivity contribution in [2.75, 3.05) is 5.32 Å². The topological polar surface area (TPSA) is 12.0 Å². The first kappa shape index (κ1) is 13.6. The van der Waals surface area contributed by atoms with Crippen LogP contribution in [-0.4, -0.2) is 0 Å². The molecule has 0 aliphatic heterocycles. The van der Waals surface area contributed by atoms with Gasteiger partial charge in [0.2, 0.25) is 0 Å². The van der Waals surface area contributed by atoms with E-state index in [1.54, 1.807) is 18.2 Å². The van der Waals surface area contributed by atoms with E-state index in [9.17, 15) is 8.78 Å². The molecule has 0 spiro atoms. The zero-order chi connectivity index (χ0) is 14.1. The highest BCUT2D eigenvalue weighted by atomic mass is 79.9. The fraction of sp³-hybridized carbons (Fsp3) is 0.250. The highest BCUT2D eigenvalue weighted by Gasteiger charge is 2.32. The van der Waals surface area contributed by atoms with Crippen molar-refractivity contribution in [3.05, 3.63) is 64.1 Å². The fourth-order valence-electron chi connectivity index (χ4n) is 2.34. The predicted molar refractivity (Wildman–Crippen MR) is 79.6 cm³/mol. The summed E-state index contributed by atoms with van der Waals surface area (Å²) < 4.78 is 27.0. The van der Waals surface area contributed by atoms with Crippen molar-refractivity contribution in [2.24, 2.45) is 5.92 Å². The van der Waals surface area contributed by atoms with Crippen LogP contribution in [0.2, 0.25) is 0 Å². The Labute approximate surface area is 125 Å². The number of nitrogens with one attached hydrogen (secondary N) is 1. The lowest BCUT2D eigenvalue weighted by atomic mass is 10.0. The van der Waals surface area contributed by atoms with Gasteiger partial charge in [0.1, 0.15) is 11.6 Å². The summed E-state index contributed by atoms with van der Waals surface area (Å²) in [6.45, 7) is 0. The highest BCUT2D eigenvalue weighted by Crippen LogP contribution is 2.43. The van der Waals surface area contributed by atoms with Gasteiger partial charge in [-0.3, -0.25) is 0 Å². The molecule has 20 heavy (non-hydrogen) atoms. The molecule has 0 heterocycles. The van der Waals surface area contributed by atoms with Crippen LogP contribution in [0.3, 0.4) is 0 Å². The number of anilines is 1. The first-order valence-electron chi connectivity index (χ1n) is 6.60. The average Bonchev–Trinajstić information content (AvgIpc) is 3.26. The second-order valence-electron chi connectivity index (χ2n) is 5.14. The number of hydrogen-bond donors (Lipinski definition) is 1. The maximum absolute atomic E-state index is 13.6. The van der Waals surface area contributed by atoms with E-state index in [4.69, 9.17) is 0 Å². The number of halogens is 3. The summed E-state index contributed by atoms with van der Waals surface area (Å²) in [4.78, 5) is 0. The molecule has 0 aromatic heterocycles. The van der Waals surface area contributed by atoms with Gasteiger partial charge in [-0.1, -0.05) is 12.1 Å². The Bertz CT molecular complexity index is 608. The summed E-state index contributed by atoms with van der Waals surface area (Å²) in [6.07, 6.45) is 2.29. The van der Waals surface area contributed by atoms with Crippen LogP contribution >= 0.6 is 15.9 Å². The highest BCUT2D eigenvalue weighted by molar-refractivity contribution is 9.10. The SMILES string of the molecule is Fc1ccc(C(Nc2ccc(Br)c(F)c2)C2CC2)cc1. The van der Waals surface area contributed by atoms with Crippen LogP contribution in [0.4, 0.5) is 14.5 Å². The van der Waals surface area contributed by atoms with Crippen LogP contribution < -0.4 is 5.32 Å². The molecule has 104 valence electrons. The van der Waals surface area contributed by atoms with Crippen LogP contribution in [0.15, 0.2) is 46.9 Å². The summed E-state index contributed by atoms with van der Waals surface area (Å²) >= 11 is 3.15. The summed E-state index contributed by atoms with van der Waals surface area (Å²) in [7, 11) is 0. The van der Waals surface area contributed by atoms with E-state index < -0.39 is 0 Å². The number of benzene rings is 2. The molecule has 0 saturated heterocycles. The minimum Gasteiger partial charge on any atom is -0.378 e. The number of hydrogen-bond acceptors (Lipinski definition) is 1. The fourth-order valence-corrected chi connectivity index (χ4v) is 2.59. The summed E-state index contributed by atoms with van der Waals surface area (Å²) in [5.74, 6) is 0.00815. The third-order valence-electron chi connectivity index (χ3n) is 3.56. The molecular weight excluding hydrogens is 324 g/mol. The van der Waals surface area contributed by atoms with Gasteiger partial charge in [-0.15, -0.1) is 0 Å². The lowest BCUT2D eigenvalue weighted by Gasteiger charge is -2.20. The van der Waals surface area contributed by atoms with E-state index in [1.165, 1.54) is 18.2 Å². The standard InChI is InChI=1S/C16H14BrF2N/c17-14-8-7-13(9-15(14)19)20-16(10-1-2-10)11-3-5-12(18)6-4-11/h3-10,16,20H,1-2H2. The van der Waals surface area contributed by atoms with E-state index in [0.29, 0.717) is 10.4 Å². The first-order valence-corrected chi connectivity index (χ1v) is 7.40. The minimum absolute atomic E-state index is 0.108. The molecule has 3 rings (SSSR count). The molecule has 1 N–H and O–H groups in total. The Morgan fingerprint density at radius 1 is 1.05 bits per heavy atom. The second-order valence-corrected chi connectivity index (χ2v) is 5.99. The van der Waals surface area contributed by atoms with Gasteiger partial charge in [-0.25, -0.2) is 8.78 Å². The molecule has 1 aliphatic rings. The number of rotatable bonds is 4. The normalized spacial score (nSPS) is 15.9. The average molecular weight is 338 g/mol. The van der Waals surface area contributed by atoms with Gasteiger partial charge in [-0.2, -0.15) is 0 Å². The maximum Gasteiger partial charge on any atom is 0.139 e. The molecule has 0 amide bonds. The van der Waals surface area contributed by atoms with Crippen molar-refractivity contribution >= 4 is 21.6 Å². The lowest BCUT2D eigenvalue weighted by Crippen LogP contribution is -2.13. The third-order valence-corrected chi connectivity index (χ3v) is 4.21. The van der Waals surface area contributed by atoms with Crippen molar-refractivity contribution in [3.8, 4) is 0 Å². The maximum atomic E-state index is 13.6. The van der Waals surface area contributed by atoms with Gasteiger partial charge in [0.15, 0.2) is 0 Å². The second kappa shape index (κ2) is 5.52. The molecule has 0 radical (unpaired) electrons. The van der Waals surface area contributed by atoms with Gasteiger partial charge in [0.25, 0.3) is 0 Å². The Morgan fingerprint density at radius 3 is 2.35 bits per heavy atom. The van der Waals surface area contributed by atoms with Crippen molar-refractivity contribution < 1.29 is 8.78 Å². The van der Waals surface area contributed by atoms with Crippen molar-refractivity contribution in [1.29, 1.82) is 0 Å². The molecule has 4 heteroatoms. The van der Waals surface area contributed by atoms with Crippen LogP contribution in [0.25, 0.3) is 0 Å². The molecule has 0 bridgehead atoms. The van der Waals surface area contributed by atoms with Crippen LogP contribution in [-0.2, 0) is 0 Å². The van der Waals surface area contributed by atoms with Crippen molar-refractivity contribution in [2.45, 2.75) is 18.9 Å². The molecule has 1 saturated carbocycles. The molecule has 1 nitrogen and oxygen atoms in total. The molecule has 1 atom stereocenters. The molecule has 1 aliphatic carbocycles. The van der Waals surface area contributed by atoms with Gasteiger partial charge in [-0.05, 0) is 70.6 Å². The molecule has 1 fully saturated rings. The van der Waals surface area contributed by atoms with E-state index in [2.05, 4.69) is 21.2 Å². The third kappa shape index (κ3) is 3.01. The quantitative estimate of drug-likeness (QED) is 0.799.